The van der Waals surface area contributed by atoms with Crippen LogP contribution in [0.15, 0.2) is 53.3 Å². The molecule has 0 fully saturated rings. The summed E-state index contributed by atoms with van der Waals surface area (Å²) in [7, 11) is 0. The lowest BCUT2D eigenvalue weighted by Crippen LogP contribution is -2.23. The van der Waals surface area contributed by atoms with E-state index in [0.717, 1.165) is 16.2 Å². The number of anilines is 1. The Morgan fingerprint density at radius 3 is 2.36 bits per heavy atom. The topological polar surface area (TPSA) is 85.3 Å². The van der Waals surface area contributed by atoms with Crippen molar-refractivity contribution in [2.45, 2.75) is 13.3 Å². The zero-order valence-corrected chi connectivity index (χ0v) is 15.1. The number of nitrogens with two attached hydrogens (primary N) is 1. The molecular formula is C21H18F2N2O3. The number of aliphatic hydroxyl groups is 1. The van der Waals surface area contributed by atoms with Gasteiger partial charge in [-0.05, 0) is 48.7 Å². The Labute approximate surface area is 159 Å². The van der Waals surface area contributed by atoms with E-state index >= 15 is 0 Å². The van der Waals surface area contributed by atoms with E-state index in [0.29, 0.717) is 18.2 Å². The molecule has 144 valence electrons. The summed E-state index contributed by atoms with van der Waals surface area (Å²) in [5.41, 5.74) is 6.64. The molecule has 0 saturated carbocycles. The van der Waals surface area contributed by atoms with Gasteiger partial charge in [0, 0.05) is 18.7 Å². The summed E-state index contributed by atoms with van der Waals surface area (Å²) in [5.74, 6) is -2.65. The Hall–Kier alpha value is -3.32. The molecule has 2 aromatic carbocycles. The molecule has 0 aliphatic rings. The van der Waals surface area contributed by atoms with E-state index in [2.05, 4.69) is 0 Å². The summed E-state index contributed by atoms with van der Waals surface area (Å²) in [6.07, 6.45) is 0.465. The number of nitrogen functional groups attached to an aromatic ring is 1. The smallest absolute Gasteiger partial charge is 0.256 e. The van der Waals surface area contributed by atoms with Crippen LogP contribution in [-0.4, -0.2) is 22.1 Å². The van der Waals surface area contributed by atoms with Gasteiger partial charge in [-0.1, -0.05) is 12.1 Å². The van der Waals surface area contributed by atoms with Crippen molar-refractivity contribution in [2.75, 3.05) is 12.3 Å². The summed E-state index contributed by atoms with van der Waals surface area (Å²) >= 11 is 0. The van der Waals surface area contributed by atoms with Gasteiger partial charge >= 0.3 is 0 Å². The minimum absolute atomic E-state index is 0.00588. The molecule has 0 bridgehead atoms. The molecule has 1 aromatic heterocycles. The lowest BCUT2D eigenvalue weighted by atomic mass is 10.0. The molecule has 7 heteroatoms. The van der Waals surface area contributed by atoms with E-state index in [1.165, 1.54) is 19.1 Å². The third kappa shape index (κ3) is 3.57. The van der Waals surface area contributed by atoms with Crippen LogP contribution in [0.25, 0.3) is 5.69 Å². The van der Waals surface area contributed by atoms with Gasteiger partial charge in [0.25, 0.3) is 5.56 Å². The molecular weight excluding hydrogens is 366 g/mol. The molecule has 1 heterocycles. The van der Waals surface area contributed by atoms with Gasteiger partial charge in [-0.2, -0.15) is 0 Å². The second-order valence-electron chi connectivity index (χ2n) is 6.36. The van der Waals surface area contributed by atoms with Crippen molar-refractivity contribution in [1.29, 1.82) is 0 Å². The van der Waals surface area contributed by atoms with Crippen LogP contribution in [-0.2, 0) is 6.42 Å². The van der Waals surface area contributed by atoms with Crippen LogP contribution in [0.3, 0.4) is 0 Å². The van der Waals surface area contributed by atoms with E-state index in [9.17, 15) is 18.4 Å². The number of carbonyl (C=O) groups excluding carboxylic acids is 1. The molecule has 5 nitrogen and oxygen atoms in total. The van der Waals surface area contributed by atoms with Gasteiger partial charge in [-0.25, -0.2) is 8.78 Å². The van der Waals surface area contributed by atoms with Crippen LogP contribution in [0.2, 0.25) is 0 Å². The van der Waals surface area contributed by atoms with Gasteiger partial charge in [-0.3, -0.25) is 14.2 Å². The Morgan fingerprint density at radius 2 is 1.71 bits per heavy atom. The van der Waals surface area contributed by atoms with Crippen LogP contribution in [0.4, 0.5) is 14.6 Å². The first-order valence-corrected chi connectivity index (χ1v) is 8.55. The van der Waals surface area contributed by atoms with Crippen molar-refractivity contribution < 1.29 is 18.7 Å². The second kappa shape index (κ2) is 7.74. The van der Waals surface area contributed by atoms with Crippen LogP contribution < -0.4 is 11.3 Å². The fourth-order valence-electron chi connectivity index (χ4n) is 2.93. The van der Waals surface area contributed by atoms with Gasteiger partial charge in [0.2, 0.25) is 0 Å². The molecule has 0 amide bonds. The largest absolute Gasteiger partial charge is 0.396 e. The summed E-state index contributed by atoms with van der Waals surface area (Å²) in [6, 6.07) is 10.9. The first-order valence-electron chi connectivity index (χ1n) is 8.55. The van der Waals surface area contributed by atoms with E-state index in [1.807, 2.05) is 0 Å². The first kappa shape index (κ1) is 19.4. The predicted octanol–water partition coefficient (Wildman–Crippen LogP) is 2.77. The summed E-state index contributed by atoms with van der Waals surface area (Å²) < 4.78 is 28.8. The molecule has 3 aromatic rings. The van der Waals surface area contributed by atoms with Gasteiger partial charge in [0.1, 0.15) is 17.5 Å². The van der Waals surface area contributed by atoms with E-state index in [1.54, 1.807) is 24.3 Å². The molecule has 0 atom stereocenters. The van der Waals surface area contributed by atoms with Gasteiger partial charge < -0.3 is 10.8 Å². The average molecular weight is 384 g/mol. The van der Waals surface area contributed by atoms with Crippen LogP contribution in [0.5, 0.6) is 0 Å². The number of aromatic nitrogens is 1. The number of halogens is 2. The molecule has 3 rings (SSSR count). The summed E-state index contributed by atoms with van der Waals surface area (Å²) in [6.45, 7) is 1.41. The lowest BCUT2D eigenvalue weighted by Gasteiger charge is -2.14. The SMILES string of the molecule is Cc1cc(C(=O)c2ccc(=O)n(-c3ccc(CCO)cc3)c2N)c(F)cc1F. The highest BCUT2D eigenvalue weighted by Crippen LogP contribution is 2.22. The number of aliphatic hydroxyl groups excluding tert-OH is 1. The Balaban J connectivity index is 2.10. The van der Waals surface area contributed by atoms with Crippen molar-refractivity contribution in [1.82, 2.24) is 4.57 Å². The van der Waals surface area contributed by atoms with Gasteiger partial charge in [-0.15, -0.1) is 0 Å². The van der Waals surface area contributed by atoms with Crippen LogP contribution in [0, 0.1) is 18.6 Å². The molecule has 3 N–H and O–H groups in total. The van der Waals surface area contributed by atoms with Crippen molar-refractivity contribution in [2.24, 2.45) is 0 Å². The van der Waals surface area contributed by atoms with E-state index in [-0.39, 0.29) is 29.1 Å². The number of nitrogens with zero attached hydrogens (tertiary/aromatic N) is 1. The minimum atomic E-state index is -1.00. The quantitative estimate of drug-likeness (QED) is 0.663. The molecule has 28 heavy (non-hydrogen) atoms. The number of benzene rings is 2. The Morgan fingerprint density at radius 1 is 1.04 bits per heavy atom. The highest BCUT2D eigenvalue weighted by molar-refractivity contribution is 6.12. The maximum absolute atomic E-state index is 14.1. The second-order valence-corrected chi connectivity index (χ2v) is 6.36. The van der Waals surface area contributed by atoms with Crippen molar-refractivity contribution >= 4 is 11.6 Å². The normalized spacial score (nSPS) is 10.9. The van der Waals surface area contributed by atoms with E-state index < -0.39 is 23.0 Å². The van der Waals surface area contributed by atoms with Crippen molar-refractivity contribution in [3.05, 3.63) is 92.8 Å². The number of hydrogen-bond donors (Lipinski definition) is 2. The number of rotatable bonds is 5. The van der Waals surface area contributed by atoms with Crippen molar-refractivity contribution in [3.8, 4) is 5.69 Å². The number of aryl methyl sites for hydroxylation is 1. The predicted molar refractivity (Wildman–Crippen MR) is 102 cm³/mol. The van der Waals surface area contributed by atoms with Crippen molar-refractivity contribution in [3.63, 3.8) is 0 Å². The number of carbonyl (C=O) groups is 1. The van der Waals surface area contributed by atoms with Crippen LogP contribution in [0.1, 0.15) is 27.0 Å². The zero-order chi connectivity index (χ0) is 20.4. The lowest BCUT2D eigenvalue weighted by molar-refractivity contribution is 0.103. The standard InChI is InChI=1S/C21H18F2N2O3/c1-12-10-16(18(23)11-17(12)22)20(28)15-6-7-19(27)25(21(15)24)14-4-2-13(3-5-14)8-9-26/h2-7,10-11,26H,8-9,24H2,1H3. The third-order valence-electron chi connectivity index (χ3n) is 4.46. The maximum Gasteiger partial charge on any atom is 0.256 e. The molecule has 0 aliphatic heterocycles. The first-order chi connectivity index (χ1) is 13.3. The molecule has 0 unspecified atom stereocenters. The Kier molecular flexibility index (Phi) is 5.37. The highest BCUT2D eigenvalue weighted by Gasteiger charge is 2.21. The van der Waals surface area contributed by atoms with E-state index in [4.69, 9.17) is 10.8 Å². The summed E-state index contributed by atoms with van der Waals surface area (Å²) in [5, 5.41) is 8.99. The zero-order valence-electron chi connectivity index (χ0n) is 15.1. The third-order valence-corrected chi connectivity index (χ3v) is 4.46. The van der Waals surface area contributed by atoms with Gasteiger partial charge in [0.05, 0.1) is 16.8 Å². The molecule has 0 spiro atoms. The molecule has 0 radical (unpaired) electrons. The fourth-order valence-corrected chi connectivity index (χ4v) is 2.93. The average Bonchev–Trinajstić information content (AvgIpc) is 2.66. The number of ketones is 1. The molecule has 0 aliphatic carbocycles. The Bertz CT molecular complexity index is 1110. The summed E-state index contributed by atoms with van der Waals surface area (Å²) in [4.78, 5) is 25.1. The van der Waals surface area contributed by atoms with Gasteiger partial charge in [0.15, 0.2) is 5.78 Å². The number of hydrogen-bond acceptors (Lipinski definition) is 4. The number of pyridine rings is 1. The highest BCUT2D eigenvalue weighted by atomic mass is 19.1. The minimum Gasteiger partial charge on any atom is -0.396 e. The maximum atomic E-state index is 14.1. The molecule has 0 saturated heterocycles. The monoisotopic (exact) mass is 384 g/mol. The fraction of sp³-hybridized carbons (Fsp3) is 0.143. The van der Waals surface area contributed by atoms with Crippen LogP contribution >= 0.6 is 0 Å².